The van der Waals surface area contributed by atoms with Gasteiger partial charge in [0.1, 0.15) is 0 Å². The Morgan fingerprint density at radius 2 is 1.32 bits per heavy atom. The third kappa shape index (κ3) is 7.02. The summed E-state index contributed by atoms with van der Waals surface area (Å²) in [4.78, 5) is 4.60. The van der Waals surface area contributed by atoms with Crippen LogP contribution in [0.1, 0.15) is 0 Å². The van der Waals surface area contributed by atoms with Crippen molar-refractivity contribution in [3.05, 3.63) is 79.0 Å². The van der Waals surface area contributed by atoms with Crippen LogP contribution in [0.4, 0.5) is 13.2 Å². The molecule has 3 aromatic carbocycles. The summed E-state index contributed by atoms with van der Waals surface area (Å²) in [6, 6.07) is 26.2. The minimum Gasteiger partial charge on any atom is -0.741 e. The van der Waals surface area contributed by atoms with Gasteiger partial charge in [-0.15, -0.1) is 29.1 Å². The first-order chi connectivity index (χ1) is 13.2. The average molecular weight is 578 g/mol. The van der Waals surface area contributed by atoms with E-state index < -0.39 is 15.6 Å². The van der Waals surface area contributed by atoms with E-state index in [9.17, 15) is 13.2 Å². The van der Waals surface area contributed by atoms with Crippen molar-refractivity contribution in [2.45, 2.75) is 5.51 Å². The third-order valence-corrected chi connectivity index (χ3v) is 4.48. The van der Waals surface area contributed by atoms with Crippen LogP contribution >= 0.6 is 19.8 Å². The van der Waals surface area contributed by atoms with E-state index >= 15 is 0 Å². The Morgan fingerprint density at radius 1 is 0.839 bits per heavy atom. The number of nitrogens with zero attached hydrogens (tertiary/aromatic N) is 1. The SMILES string of the molecule is O=S(=O)([O-])C(F)(F)F.P.P.[Pd+2].[c-]1ccc2ccccc2c1-c1nccc2ccccc12. The molecule has 2 unspecified atom stereocenters. The minimum atomic E-state index is -6.09. The number of halogens is 3. The summed E-state index contributed by atoms with van der Waals surface area (Å²) < 4.78 is 58.9. The van der Waals surface area contributed by atoms with Crippen molar-refractivity contribution in [2.75, 3.05) is 0 Å². The van der Waals surface area contributed by atoms with Gasteiger partial charge in [-0.1, -0.05) is 53.9 Å². The largest absolute Gasteiger partial charge is 2.00 e. The van der Waals surface area contributed by atoms with Crippen molar-refractivity contribution in [3.63, 3.8) is 0 Å². The van der Waals surface area contributed by atoms with Crippen molar-refractivity contribution in [1.82, 2.24) is 4.98 Å². The first kappa shape index (κ1) is 29.6. The van der Waals surface area contributed by atoms with E-state index in [4.69, 9.17) is 13.0 Å². The number of hydrogen-bond donors (Lipinski definition) is 0. The Labute approximate surface area is 198 Å². The zero-order chi connectivity index (χ0) is 20.4. The molecule has 0 aliphatic heterocycles. The van der Waals surface area contributed by atoms with Crippen LogP contribution in [0.15, 0.2) is 72.9 Å². The van der Waals surface area contributed by atoms with Gasteiger partial charge in [-0.2, -0.15) is 33.0 Å². The predicted octanol–water partition coefficient (Wildman–Crippen LogP) is 5.02. The predicted molar refractivity (Wildman–Crippen MR) is 121 cm³/mol. The number of alkyl halides is 3. The quantitative estimate of drug-likeness (QED) is 0.105. The maximum absolute atomic E-state index is 10.7. The van der Waals surface area contributed by atoms with Gasteiger partial charge < -0.3 is 9.54 Å². The van der Waals surface area contributed by atoms with Crippen LogP contribution in [0.3, 0.4) is 0 Å². The first-order valence-corrected chi connectivity index (χ1v) is 9.35. The van der Waals surface area contributed by atoms with Gasteiger partial charge in [0.15, 0.2) is 10.1 Å². The first-order valence-electron chi connectivity index (χ1n) is 7.94. The van der Waals surface area contributed by atoms with Crippen molar-refractivity contribution in [3.8, 4) is 11.3 Å². The molecule has 0 bridgehead atoms. The number of fused-ring (bicyclic) bond motifs is 2. The molecule has 4 aromatic rings. The molecule has 0 N–H and O–H groups in total. The Balaban J connectivity index is 0.000000719. The van der Waals surface area contributed by atoms with Crippen molar-refractivity contribution in [1.29, 1.82) is 0 Å². The van der Waals surface area contributed by atoms with E-state index in [-0.39, 0.29) is 40.2 Å². The van der Waals surface area contributed by atoms with Gasteiger partial charge in [0.05, 0.1) is 0 Å². The molecule has 31 heavy (non-hydrogen) atoms. The van der Waals surface area contributed by atoms with Gasteiger partial charge in [0.25, 0.3) is 0 Å². The maximum atomic E-state index is 10.7. The standard InChI is InChI=1S/C19H12N.CHF3O3S.2H3P.Pd/c1-3-9-16-14(6-1)8-5-11-18(16)19-17-10-4-2-7-15(17)12-13-20-19;2-1(3,4)8(5,6)7;;;/h1-10,12-13H;(H,5,6,7);2*1H3;/q-1;;;;+2/p-1. The fourth-order valence-electron chi connectivity index (χ4n) is 2.68. The molecular formula is C20H18F3NO3P2PdS. The van der Waals surface area contributed by atoms with Crippen LogP contribution in [0.2, 0.25) is 0 Å². The molecule has 0 amide bonds. The monoisotopic (exact) mass is 577 g/mol. The number of pyridine rings is 1. The average Bonchev–Trinajstić information content (AvgIpc) is 2.66. The Bertz CT molecular complexity index is 1170. The van der Waals surface area contributed by atoms with Gasteiger partial charge in [-0.3, -0.25) is 0 Å². The number of aromatic nitrogens is 1. The summed E-state index contributed by atoms with van der Waals surface area (Å²) >= 11 is 0. The van der Waals surface area contributed by atoms with Crippen molar-refractivity contribution >= 4 is 51.5 Å². The molecule has 1 heterocycles. The van der Waals surface area contributed by atoms with E-state index in [1.807, 2.05) is 18.3 Å². The second kappa shape index (κ2) is 12.0. The van der Waals surface area contributed by atoms with E-state index in [1.165, 1.54) is 21.5 Å². The number of rotatable bonds is 1. The van der Waals surface area contributed by atoms with Gasteiger partial charge in [-0.25, -0.2) is 8.42 Å². The molecule has 0 spiro atoms. The molecule has 0 aliphatic carbocycles. The molecule has 1 aromatic heterocycles. The van der Waals surface area contributed by atoms with Gasteiger partial charge in [0.2, 0.25) is 0 Å². The van der Waals surface area contributed by atoms with E-state index in [1.54, 1.807) is 0 Å². The number of benzene rings is 3. The summed E-state index contributed by atoms with van der Waals surface area (Å²) in [5, 5.41) is 4.79. The molecule has 0 aliphatic rings. The van der Waals surface area contributed by atoms with Crippen LogP contribution < -0.4 is 0 Å². The zero-order valence-corrected chi connectivity index (χ0v) is 21.1. The van der Waals surface area contributed by atoms with Crippen LogP contribution in [0.25, 0.3) is 32.8 Å². The molecule has 0 saturated heterocycles. The van der Waals surface area contributed by atoms with Crippen LogP contribution in [-0.4, -0.2) is 23.5 Å². The van der Waals surface area contributed by atoms with Gasteiger partial charge >= 0.3 is 25.9 Å². The molecular weight excluding hydrogens is 560 g/mol. The Morgan fingerprint density at radius 3 is 1.87 bits per heavy atom. The molecule has 4 rings (SSSR count). The molecule has 2 atom stereocenters. The fourth-order valence-corrected chi connectivity index (χ4v) is 2.68. The Hall–Kier alpha value is -1.45. The topological polar surface area (TPSA) is 70.1 Å². The van der Waals surface area contributed by atoms with Gasteiger partial charge in [0, 0.05) is 6.20 Å². The molecule has 11 heteroatoms. The van der Waals surface area contributed by atoms with Crippen LogP contribution in [0, 0.1) is 6.07 Å². The summed E-state index contributed by atoms with van der Waals surface area (Å²) in [5.74, 6) is 0. The second-order valence-corrected chi connectivity index (χ2v) is 7.09. The zero-order valence-electron chi connectivity index (χ0n) is 15.9. The van der Waals surface area contributed by atoms with Crippen LogP contribution in [-0.2, 0) is 30.5 Å². The maximum Gasteiger partial charge on any atom is 2.00 e. The molecule has 0 saturated carbocycles. The fraction of sp³-hybridized carbons (Fsp3) is 0.0500. The van der Waals surface area contributed by atoms with E-state index in [2.05, 4.69) is 65.6 Å². The third-order valence-electron chi connectivity index (χ3n) is 3.91. The Kier molecular flexibility index (Phi) is 11.4. The van der Waals surface area contributed by atoms with Crippen molar-refractivity contribution in [2.24, 2.45) is 0 Å². The summed E-state index contributed by atoms with van der Waals surface area (Å²) in [5.41, 5.74) is -3.58. The van der Waals surface area contributed by atoms with Gasteiger partial charge in [-0.05, 0) is 22.5 Å². The smallest absolute Gasteiger partial charge is 0.741 e. The molecule has 4 nitrogen and oxygen atoms in total. The number of hydrogen-bond acceptors (Lipinski definition) is 4. The molecule has 0 fully saturated rings. The van der Waals surface area contributed by atoms with Crippen molar-refractivity contribution < 1.29 is 46.6 Å². The van der Waals surface area contributed by atoms with E-state index in [0.29, 0.717) is 0 Å². The minimum absolute atomic E-state index is 0. The summed E-state index contributed by atoms with van der Waals surface area (Å²) in [7, 11) is -6.09. The summed E-state index contributed by atoms with van der Waals surface area (Å²) in [6.45, 7) is 0. The second-order valence-electron chi connectivity index (χ2n) is 5.72. The molecule has 168 valence electrons. The van der Waals surface area contributed by atoms with E-state index in [0.717, 1.165) is 11.3 Å². The molecule has 0 radical (unpaired) electrons. The summed E-state index contributed by atoms with van der Waals surface area (Å²) in [6.07, 6.45) is 1.87. The van der Waals surface area contributed by atoms with Crippen LogP contribution in [0.5, 0.6) is 0 Å². The normalized spacial score (nSPS) is 10.7.